The third-order valence-electron chi connectivity index (χ3n) is 5.44. The van der Waals surface area contributed by atoms with Gasteiger partial charge in [0, 0.05) is 11.9 Å². The molecule has 2 aromatic heterocycles. The maximum Gasteiger partial charge on any atom is 0.257 e. The number of aryl methyl sites for hydroxylation is 1. The smallest absolute Gasteiger partial charge is 0.257 e. The minimum absolute atomic E-state index is 0.0236. The fraction of sp³-hybridized carbons (Fsp3) is 0.545. The van der Waals surface area contributed by atoms with E-state index in [1.54, 1.807) is 0 Å². The molecule has 0 fully saturated rings. The number of pyridine rings is 1. The van der Waals surface area contributed by atoms with Crippen molar-refractivity contribution in [2.75, 3.05) is 13.2 Å². The predicted molar refractivity (Wildman–Crippen MR) is 116 cm³/mol. The SMILES string of the molecule is CCC[C@@H](c1nnnn1C(C)(C)C)[NH+](CCO)Cc1cc2ccc(C)cc2[nH]c1=O. The summed E-state index contributed by atoms with van der Waals surface area (Å²) in [5.74, 6) is 0.792. The van der Waals surface area contributed by atoms with E-state index in [1.807, 2.05) is 35.9 Å². The average Bonchev–Trinajstić information content (AvgIpc) is 3.16. The van der Waals surface area contributed by atoms with Crippen molar-refractivity contribution < 1.29 is 10.0 Å². The monoisotopic (exact) mass is 413 g/mol. The second kappa shape index (κ2) is 9.06. The number of quaternary nitrogens is 1. The number of nitrogens with one attached hydrogen (secondary N) is 2. The number of aliphatic hydroxyl groups excluding tert-OH is 1. The van der Waals surface area contributed by atoms with Gasteiger partial charge in [0.15, 0.2) is 0 Å². The van der Waals surface area contributed by atoms with Gasteiger partial charge >= 0.3 is 0 Å². The van der Waals surface area contributed by atoms with Gasteiger partial charge in [-0.2, -0.15) is 0 Å². The maximum absolute atomic E-state index is 12.8. The molecule has 3 N–H and O–H groups in total. The van der Waals surface area contributed by atoms with Crippen molar-refractivity contribution in [1.29, 1.82) is 0 Å². The zero-order valence-corrected chi connectivity index (χ0v) is 18.6. The van der Waals surface area contributed by atoms with Crippen LogP contribution < -0.4 is 10.5 Å². The molecule has 3 rings (SSSR count). The molecule has 162 valence electrons. The Labute approximate surface area is 176 Å². The fourth-order valence-electron chi connectivity index (χ4n) is 3.96. The van der Waals surface area contributed by atoms with E-state index in [0.717, 1.165) is 40.0 Å². The van der Waals surface area contributed by atoms with Crippen molar-refractivity contribution in [3.05, 3.63) is 51.6 Å². The number of H-pyrrole nitrogens is 1. The number of hydrogen-bond acceptors (Lipinski definition) is 5. The lowest BCUT2D eigenvalue weighted by atomic mass is 10.0. The number of aromatic amines is 1. The lowest BCUT2D eigenvalue weighted by molar-refractivity contribution is -0.946. The van der Waals surface area contributed by atoms with E-state index in [1.165, 1.54) is 0 Å². The van der Waals surface area contributed by atoms with Crippen molar-refractivity contribution >= 4 is 10.9 Å². The quantitative estimate of drug-likeness (QED) is 0.520. The van der Waals surface area contributed by atoms with Crippen LogP contribution in [-0.2, 0) is 12.1 Å². The standard InChI is InChI=1S/C22H32N6O2/c1-6-7-19(20-24-25-26-28(20)22(3,4)5)27(10-11-29)14-17-13-16-9-8-15(2)12-18(16)23-21(17)30/h8-9,12-13,19,29H,6-7,10-11,14H2,1-5H3,(H,23,30)/p+1/t19-/m0/s1. The zero-order valence-electron chi connectivity index (χ0n) is 18.6. The van der Waals surface area contributed by atoms with E-state index in [0.29, 0.717) is 18.7 Å². The van der Waals surface area contributed by atoms with Crippen molar-refractivity contribution in [3.63, 3.8) is 0 Å². The van der Waals surface area contributed by atoms with Crippen LogP contribution in [0.4, 0.5) is 0 Å². The summed E-state index contributed by atoms with van der Waals surface area (Å²) < 4.78 is 1.86. The molecule has 0 amide bonds. The van der Waals surface area contributed by atoms with E-state index in [9.17, 15) is 9.90 Å². The van der Waals surface area contributed by atoms with Crippen LogP contribution in [0.25, 0.3) is 10.9 Å². The summed E-state index contributed by atoms with van der Waals surface area (Å²) in [5.41, 5.74) is 2.30. The molecule has 30 heavy (non-hydrogen) atoms. The van der Waals surface area contributed by atoms with Crippen LogP contribution in [-0.4, -0.2) is 43.4 Å². The summed E-state index contributed by atoms with van der Waals surface area (Å²) in [7, 11) is 0. The maximum atomic E-state index is 12.8. The molecule has 3 aromatic rings. The molecular weight excluding hydrogens is 380 g/mol. The van der Waals surface area contributed by atoms with Crippen molar-refractivity contribution in [1.82, 2.24) is 25.2 Å². The molecule has 0 radical (unpaired) electrons. The van der Waals surface area contributed by atoms with E-state index in [-0.39, 0.29) is 23.7 Å². The van der Waals surface area contributed by atoms with Crippen molar-refractivity contribution in [3.8, 4) is 0 Å². The Kier molecular flexibility index (Phi) is 6.67. The number of aliphatic hydroxyl groups is 1. The molecule has 0 aliphatic heterocycles. The number of fused-ring (bicyclic) bond motifs is 1. The first-order valence-electron chi connectivity index (χ1n) is 10.6. The van der Waals surface area contributed by atoms with Crippen LogP contribution in [0.3, 0.4) is 0 Å². The summed E-state index contributed by atoms with van der Waals surface area (Å²) in [6.45, 7) is 11.4. The van der Waals surface area contributed by atoms with Gasteiger partial charge in [0.25, 0.3) is 5.56 Å². The lowest BCUT2D eigenvalue weighted by Gasteiger charge is -2.29. The molecule has 1 aromatic carbocycles. The number of aromatic nitrogens is 5. The van der Waals surface area contributed by atoms with Crippen molar-refractivity contribution in [2.24, 2.45) is 0 Å². The third-order valence-corrected chi connectivity index (χ3v) is 5.44. The van der Waals surface area contributed by atoms with Gasteiger partial charge in [0.05, 0.1) is 17.7 Å². The van der Waals surface area contributed by atoms with Crippen LogP contribution in [0, 0.1) is 6.92 Å². The highest BCUT2D eigenvalue weighted by atomic mass is 16.3. The first-order chi connectivity index (χ1) is 14.2. The Morgan fingerprint density at radius 1 is 1.27 bits per heavy atom. The van der Waals surface area contributed by atoms with Gasteiger partial charge in [0.2, 0.25) is 5.82 Å². The molecule has 2 heterocycles. The van der Waals surface area contributed by atoms with E-state index < -0.39 is 0 Å². The largest absolute Gasteiger partial charge is 0.391 e. The topological polar surface area (TPSA) is 101 Å². The molecule has 0 saturated carbocycles. The number of tetrazole rings is 1. The Morgan fingerprint density at radius 3 is 2.70 bits per heavy atom. The fourth-order valence-corrected chi connectivity index (χ4v) is 3.96. The Bertz CT molecular complexity index is 1050. The minimum Gasteiger partial charge on any atom is -0.391 e. The molecule has 0 aliphatic carbocycles. The van der Waals surface area contributed by atoms with Gasteiger partial charge in [-0.15, -0.1) is 5.10 Å². The van der Waals surface area contributed by atoms with Crippen molar-refractivity contribution in [2.45, 2.75) is 65.6 Å². The Morgan fingerprint density at radius 2 is 2.03 bits per heavy atom. The minimum atomic E-state index is -0.257. The molecule has 0 aliphatic rings. The normalized spacial score (nSPS) is 14.2. The summed E-state index contributed by atoms with van der Waals surface area (Å²) in [4.78, 5) is 16.9. The first kappa shape index (κ1) is 22.1. The van der Waals surface area contributed by atoms with Crippen LogP contribution in [0.1, 0.15) is 63.5 Å². The summed E-state index contributed by atoms with van der Waals surface area (Å²) in [6.07, 6.45) is 1.81. The van der Waals surface area contributed by atoms with Crippen LogP contribution in [0.5, 0.6) is 0 Å². The molecule has 8 heteroatoms. The third kappa shape index (κ3) is 4.76. The molecule has 0 saturated heterocycles. The predicted octanol–water partition coefficient (Wildman–Crippen LogP) is 1.50. The number of benzene rings is 1. The molecule has 2 atom stereocenters. The van der Waals surface area contributed by atoms with Crippen LogP contribution in [0.2, 0.25) is 0 Å². The Balaban J connectivity index is 2.00. The van der Waals surface area contributed by atoms with Crippen LogP contribution in [0.15, 0.2) is 29.1 Å². The van der Waals surface area contributed by atoms with E-state index in [4.69, 9.17) is 0 Å². The summed E-state index contributed by atoms with van der Waals surface area (Å²) in [5, 5.41) is 23.3. The van der Waals surface area contributed by atoms with Gasteiger partial charge in [0.1, 0.15) is 19.1 Å². The second-order valence-corrected chi connectivity index (χ2v) is 8.98. The van der Waals surface area contributed by atoms with E-state index in [2.05, 4.69) is 48.2 Å². The number of nitrogens with zero attached hydrogens (tertiary/aromatic N) is 4. The highest BCUT2D eigenvalue weighted by Gasteiger charge is 2.32. The second-order valence-electron chi connectivity index (χ2n) is 8.98. The van der Waals surface area contributed by atoms with Gasteiger partial charge in [-0.1, -0.05) is 25.5 Å². The highest BCUT2D eigenvalue weighted by molar-refractivity contribution is 5.79. The molecule has 0 bridgehead atoms. The first-order valence-corrected chi connectivity index (χ1v) is 10.6. The lowest BCUT2D eigenvalue weighted by Crippen LogP contribution is -3.11. The van der Waals surface area contributed by atoms with Gasteiger partial charge < -0.3 is 15.0 Å². The number of hydrogen-bond donors (Lipinski definition) is 3. The Hall–Kier alpha value is -2.58. The van der Waals surface area contributed by atoms with Gasteiger partial charge in [-0.25, -0.2) is 4.68 Å². The van der Waals surface area contributed by atoms with Gasteiger partial charge in [-0.05, 0) is 61.2 Å². The molecule has 1 unspecified atom stereocenters. The van der Waals surface area contributed by atoms with Crippen LogP contribution >= 0.6 is 0 Å². The van der Waals surface area contributed by atoms with Gasteiger partial charge in [-0.3, -0.25) is 4.79 Å². The summed E-state index contributed by atoms with van der Waals surface area (Å²) in [6, 6.07) is 7.99. The zero-order chi connectivity index (χ0) is 21.9. The molecule has 8 nitrogen and oxygen atoms in total. The van der Waals surface area contributed by atoms with E-state index >= 15 is 0 Å². The molecular formula is C22H33N6O2+. The average molecular weight is 414 g/mol. The highest BCUT2D eigenvalue weighted by Crippen LogP contribution is 2.20. The molecule has 0 spiro atoms. The number of rotatable bonds is 8. The summed E-state index contributed by atoms with van der Waals surface area (Å²) >= 11 is 0.